The molecular formula is C13H25N3O. The van der Waals surface area contributed by atoms with Crippen LogP contribution in [0.2, 0.25) is 0 Å². The zero-order valence-electron chi connectivity index (χ0n) is 10.8. The van der Waals surface area contributed by atoms with Gasteiger partial charge < -0.3 is 11.1 Å². The lowest BCUT2D eigenvalue weighted by Gasteiger charge is -2.39. The summed E-state index contributed by atoms with van der Waals surface area (Å²) in [5.74, 6) is -0.165. The maximum absolute atomic E-state index is 10.7. The predicted molar refractivity (Wildman–Crippen MR) is 68.6 cm³/mol. The van der Waals surface area contributed by atoms with Crippen LogP contribution >= 0.6 is 0 Å². The van der Waals surface area contributed by atoms with Crippen molar-refractivity contribution < 1.29 is 4.79 Å². The van der Waals surface area contributed by atoms with Crippen molar-refractivity contribution in [3.05, 3.63) is 0 Å². The quantitative estimate of drug-likeness (QED) is 0.676. The molecule has 0 aromatic heterocycles. The first-order chi connectivity index (χ1) is 8.20. The molecule has 0 radical (unpaired) electrons. The van der Waals surface area contributed by atoms with Crippen molar-refractivity contribution in [2.75, 3.05) is 13.6 Å². The minimum atomic E-state index is -0.165. The fourth-order valence-corrected chi connectivity index (χ4v) is 3.47. The van der Waals surface area contributed by atoms with Gasteiger partial charge in [-0.25, -0.2) is 0 Å². The lowest BCUT2D eigenvalue weighted by atomic mass is 9.97. The van der Waals surface area contributed by atoms with Crippen molar-refractivity contribution >= 4 is 5.91 Å². The molecule has 1 amide bonds. The molecule has 4 heteroatoms. The highest BCUT2D eigenvalue weighted by Crippen LogP contribution is 2.35. The van der Waals surface area contributed by atoms with Crippen LogP contribution in [0.15, 0.2) is 0 Å². The average Bonchev–Trinajstić information content (AvgIpc) is 2.55. The van der Waals surface area contributed by atoms with Gasteiger partial charge in [-0.1, -0.05) is 0 Å². The normalized spacial score (nSPS) is 32.9. The summed E-state index contributed by atoms with van der Waals surface area (Å²) in [6.45, 7) is 1.15. The number of hydrogen-bond donors (Lipinski definition) is 2. The highest BCUT2D eigenvalue weighted by molar-refractivity contribution is 5.73. The Balaban J connectivity index is 1.73. The maximum atomic E-state index is 10.7. The molecule has 2 fully saturated rings. The van der Waals surface area contributed by atoms with E-state index in [0.717, 1.165) is 37.5 Å². The number of amides is 1. The van der Waals surface area contributed by atoms with E-state index in [1.165, 1.54) is 25.7 Å². The van der Waals surface area contributed by atoms with E-state index in [-0.39, 0.29) is 5.91 Å². The Kier molecular flexibility index (Phi) is 4.40. The van der Waals surface area contributed by atoms with Gasteiger partial charge in [-0.3, -0.25) is 9.69 Å². The molecule has 3 N–H and O–H groups in total. The second-order valence-electron chi connectivity index (χ2n) is 5.50. The molecule has 0 saturated carbocycles. The summed E-state index contributed by atoms with van der Waals surface area (Å²) in [4.78, 5) is 13.3. The predicted octanol–water partition coefficient (Wildman–Crippen LogP) is 0.857. The molecule has 2 rings (SSSR count). The van der Waals surface area contributed by atoms with E-state index in [4.69, 9.17) is 5.73 Å². The van der Waals surface area contributed by atoms with Gasteiger partial charge in [-0.2, -0.15) is 0 Å². The van der Waals surface area contributed by atoms with Crippen LogP contribution < -0.4 is 11.1 Å². The Hall–Kier alpha value is -0.610. The number of primary amides is 1. The third-order valence-corrected chi connectivity index (χ3v) is 4.38. The Bertz CT molecular complexity index is 255. The minimum Gasteiger partial charge on any atom is -0.370 e. The summed E-state index contributed by atoms with van der Waals surface area (Å²) in [5, 5.41) is 3.42. The first-order valence-corrected chi connectivity index (χ1v) is 6.92. The molecule has 0 aliphatic carbocycles. The first-order valence-electron chi connectivity index (χ1n) is 6.92. The number of piperidine rings is 1. The Labute approximate surface area is 104 Å². The van der Waals surface area contributed by atoms with Gasteiger partial charge in [0.05, 0.1) is 0 Å². The van der Waals surface area contributed by atoms with Crippen molar-refractivity contribution in [3.8, 4) is 0 Å². The Morgan fingerprint density at radius 2 is 1.94 bits per heavy atom. The second kappa shape index (κ2) is 5.83. The zero-order valence-corrected chi connectivity index (χ0v) is 10.8. The molecule has 0 aromatic carbocycles. The zero-order chi connectivity index (χ0) is 12.3. The number of unbranched alkanes of at least 4 members (excludes halogenated alkanes) is 1. The summed E-state index contributed by atoms with van der Waals surface area (Å²) in [6, 6.07) is 2.27. The lowest BCUT2D eigenvalue weighted by Crippen LogP contribution is -2.48. The van der Waals surface area contributed by atoms with Crippen LogP contribution in [0.4, 0.5) is 0 Å². The van der Waals surface area contributed by atoms with Gasteiger partial charge in [0.25, 0.3) is 0 Å². The molecule has 2 aliphatic heterocycles. The summed E-state index contributed by atoms with van der Waals surface area (Å²) < 4.78 is 0. The molecule has 2 saturated heterocycles. The van der Waals surface area contributed by atoms with Gasteiger partial charge in [0.1, 0.15) is 0 Å². The van der Waals surface area contributed by atoms with Gasteiger partial charge in [0.2, 0.25) is 5.91 Å². The fraction of sp³-hybridized carbons (Fsp3) is 0.923. The van der Waals surface area contributed by atoms with E-state index in [1.54, 1.807) is 0 Å². The van der Waals surface area contributed by atoms with Crippen LogP contribution in [0.3, 0.4) is 0 Å². The van der Waals surface area contributed by atoms with Crippen molar-refractivity contribution in [1.29, 1.82) is 0 Å². The number of carbonyl (C=O) groups is 1. The Morgan fingerprint density at radius 3 is 2.47 bits per heavy atom. The molecule has 17 heavy (non-hydrogen) atoms. The van der Waals surface area contributed by atoms with Gasteiger partial charge >= 0.3 is 0 Å². The smallest absolute Gasteiger partial charge is 0.217 e. The number of hydrogen-bond acceptors (Lipinski definition) is 3. The molecular weight excluding hydrogens is 214 g/mol. The molecule has 2 bridgehead atoms. The highest BCUT2D eigenvalue weighted by Gasteiger charge is 2.39. The Morgan fingerprint density at radius 1 is 1.29 bits per heavy atom. The summed E-state index contributed by atoms with van der Waals surface area (Å²) in [6.07, 6.45) is 7.91. The molecule has 2 heterocycles. The third-order valence-electron chi connectivity index (χ3n) is 4.38. The van der Waals surface area contributed by atoms with Crippen LogP contribution in [-0.2, 0) is 4.79 Å². The molecule has 2 unspecified atom stereocenters. The van der Waals surface area contributed by atoms with Crippen molar-refractivity contribution in [2.24, 2.45) is 5.73 Å². The standard InChI is InChI=1S/C13H25N3O/c1-15-10-8-11-5-6-12(9-10)16(11)7-3-2-4-13(14)17/h10-12,15H,2-9H2,1H3,(H2,14,17). The van der Waals surface area contributed by atoms with Crippen LogP contribution in [0.1, 0.15) is 44.9 Å². The van der Waals surface area contributed by atoms with Crippen molar-refractivity contribution in [1.82, 2.24) is 10.2 Å². The number of carbonyl (C=O) groups excluding carboxylic acids is 1. The van der Waals surface area contributed by atoms with Gasteiger partial charge in [0.15, 0.2) is 0 Å². The summed E-state index contributed by atoms with van der Waals surface area (Å²) in [7, 11) is 2.08. The van der Waals surface area contributed by atoms with Gasteiger partial charge in [0, 0.05) is 24.5 Å². The monoisotopic (exact) mass is 239 g/mol. The van der Waals surface area contributed by atoms with Gasteiger partial charge in [-0.05, 0) is 52.1 Å². The van der Waals surface area contributed by atoms with E-state index < -0.39 is 0 Å². The van der Waals surface area contributed by atoms with Crippen LogP contribution in [-0.4, -0.2) is 42.5 Å². The van der Waals surface area contributed by atoms with Crippen molar-refractivity contribution in [2.45, 2.75) is 63.1 Å². The van der Waals surface area contributed by atoms with E-state index in [1.807, 2.05) is 0 Å². The SMILES string of the molecule is CNC1CC2CCC(C1)N2CCCCC(N)=O. The van der Waals surface area contributed by atoms with Crippen LogP contribution in [0.5, 0.6) is 0 Å². The van der Waals surface area contributed by atoms with E-state index >= 15 is 0 Å². The summed E-state index contributed by atoms with van der Waals surface area (Å²) in [5.41, 5.74) is 5.15. The highest BCUT2D eigenvalue weighted by atomic mass is 16.1. The lowest BCUT2D eigenvalue weighted by molar-refractivity contribution is -0.118. The molecule has 0 spiro atoms. The van der Waals surface area contributed by atoms with E-state index in [0.29, 0.717) is 6.42 Å². The first kappa shape index (κ1) is 12.8. The molecule has 2 aliphatic rings. The van der Waals surface area contributed by atoms with Crippen molar-refractivity contribution in [3.63, 3.8) is 0 Å². The largest absolute Gasteiger partial charge is 0.370 e. The maximum Gasteiger partial charge on any atom is 0.217 e. The van der Waals surface area contributed by atoms with Gasteiger partial charge in [-0.15, -0.1) is 0 Å². The number of rotatable bonds is 6. The molecule has 98 valence electrons. The fourth-order valence-electron chi connectivity index (χ4n) is 3.47. The minimum absolute atomic E-state index is 0.165. The summed E-state index contributed by atoms with van der Waals surface area (Å²) >= 11 is 0. The van der Waals surface area contributed by atoms with E-state index in [2.05, 4.69) is 17.3 Å². The number of fused-ring (bicyclic) bond motifs is 2. The van der Waals surface area contributed by atoms with E-state index in [9.17, 15) is 4.79 Å². The van der Waals surface area contributed by atoms with Crippen LogP contribution in [0.25, 0.3) is 0 Å². The van der Waals surface area contributed by atoms with Crippen LogP contribution in [0, 0.1) is 0 Å². The third kappa shape index (κ3) is 3.19. The molecule has 4 nitrogen and oxygen atoms in total. The topological polar surface area (TPSA) is 58.4 Å². The number of nitrogens with zero attached hydrogens (tertiary/aromatic N) is 1. The molecule has 0 aromatic rings. The second-order valence-corrected chi connectivity index (χ2v) is 5.50. The number of nitrogens with two attached hydrogens (primary N) is 1. The molecule has 2 atom stereocenters. The average molecular weight is 239 g/mol. The number of nitrogens with one attached hydrogen (secondary N) is 1.